The molecule has 5 rings (SSSR count). The Morgan fingerprint density at radius 1 is 1.09 bits per heavy atom. The van der Waals surface area contributed by atoms with E-state index in [4.69, 9.17) is 16.0 Å². The van der Waals surface area contributed by atoms with E-state index >= 15 is 0 Å². The molecule has 0 aliphatic carbocycles. The number of benzene rings is 2. The van der Waals surface area contributed by atoms with Gasteiger partial charge in [-0.1, -0.05) is 17.7 Å². The van der Waals surface area contributed by atoms with Gasteiger partial charge in [-0.3, -0.25) is 24.6 Å². The summed E-state index contributed by atoms with van der Waals surface area (Å²) in [6.07, 6.45) is 0. The summed E-state index contributed by atoms with van der Waals surface area (Å²) < 4.78 is 5.86. The van der Waals surface area contributed by atoms with E-state index < -0.39 is 22.3 Å². The highest BCUT2D eigenvalue weighted by atomic mass is 35.5. The molecule has 2 aromatic heterocycles. The van der Waals surface area contributed by atoms with Gasteiger partial charge in [0.25, 0.3) is 11.6 Å². The van der Waals surface area contributed by atoms with Crippen LogP contribution in [0.1, 0.15) is 33.4 Å². The number of anilines is 1. The Hall–Kier alpha value is -4.04. The lowest BCUT2D eigenvalue weighted by Crippen LogP contribution is -2.30. The smallest absolute Gasteiger partial charge is 0.296 e. The lowest BCUT2D eigenvalue weighted by molar-refractivity contribution is -0.384. The monoisotopic (exact) mass is 447 g/mol. The summed E-state index contributed by atoms with van der Waals surface area (Å²) >= 11 is 6.08. The van der Waals surface area contributed by atoms with Gasteiger partial charge in [0.05, 0.1) is 21.9 Å². The van der Waals surface area contributed by atoms with Gasteiger partial charge >= 0.3 is 0 Å². The number of nitro groups is 1. The van der Waals surface area contributed by atoms with Crippen LogP contribution >= 0.6 is 11.6 Å². The third-order valence-corrected chi connectivity index (χ3v) is 5.61. The first kappa shape index (κ1) is 19.9. The van der Waals surface area contributed by atoms with E-state index in [-0.39, 0.29) is 28.0 Å². The number of fused-ring (bicyclic) bond motifs is 2. The number of aromatic nitrogens is 1. The van der Waals surface area contributed by atoms with E-state index in [9.17, 15) is 19.7 Å². The van der Waals surface area contributed by atoms with Crippen molar-refractivity contribution in [3.8, 4) is 0 Å². The van der Waals surface area contributed by atoms with E-state index in [1.807, 2.05) is 0 Å². The number of carbonyl (C=O) groups is 1. The average molecular weight is 448 g/mol. The zero-order valence-corrected chi connectivity index (χ0v) is 17.4. The number of amides is 1. The molecule has 3 heterocycles. The Bertz CT molecular complexity index is 1480. The van der Waals surface area contributed by atoms with Crippen molar-refractivity contribution in [3.05, 3.63) is 109 Å². The fraction of sp³-hybridized carbons (Fsp3) is 0.0870. The third-order valence-electron chi connectivity index (χ3n) is 5.37. The van der Waals surface area contributed by atoms with Gasteiger partial charge in [-0.05, 0) is 55.0 Å². The van der Waals surface area contributed by atoms with Gasteiger partial charge in [-0.15, -0.1) is 0 Å². The molecule has 0 unspecified atom stereocenters. The molecule has 0 fully saturated rings. The Morgan fingerprint density at radius 2 is 1.84 bits per heavy atom. The van der Waals surface area contributed by atoms with Crippen LogP contribution in [0, 0.1) is 17.0 Å². The van der Waals surface area contributed by atoms with Crippen LogP contribution in [0.2, 0.25) is 5.02 Å². The molecule has 9 heteroatoms. The molecule has 32 heavy (non-hydrogen) atoms. The lowest BCUT2D eigenvalue weighted by atomic mass is 9.98. The molecule has 1 atom stereocenters. The maximum Gasteiger partial charge on any atom is 0.296 e. The molecular formula is C23H14ClN3O5. The average Bonchev–Trinajstić information content (AvgIpc) is 3.07. The van der Waals surface area contributed by atoms with Crippen LogP contribution in [0.5, 0.6) is 0 Å². The van der Waals surface area contributed by atoms with Gasteiger partial charge in [0, 0.05) is 22.8 Å². The van der Waals surface area contributed by atoms with Crippen LogP contribution in [0.25, 0.3) is 11.0 Å². The number of rotatable bonds is 3. The molecule has 1 aliphatic heterocycles. The minimum Gasteiger partial charge on any atom is -0.450 e. The molecule has 0 N–H and O–H groups in total. The molecular weight excluding hydrogens is 434 g/mol. The number of carbonyl (C=O) groups excluding carboxylic acids is 1. The first-order chi connectivity index (χ1) is 15.3. The van der Waals surface area contributed by atoms with E-state index in [0.717, 1.165) is 0 Å². The third kappa shape index (κ3) is 3.04. The van der Waals surface area contributed by atoms with E-state index in [0.29, 0.717) is 22.1 Å². The number of non-ortho nitro benzene ring substituents is 1. The number of hydrogen-bond acceptors (Lipinski definition) is 6. The Balaban J connectivity index is 1.80. The summed E-state index contributed by atoms with van der Waals surface area (Å²) in [6, 6.07) is 14.7. The lowest BCUT2D eigenvalue weighted by Gasteiger charge is -2.24. The van der Waals surface area contributed by atoms with Crippen molar-refractivity contribution in [3.63, 3.8) is 0 Å². The number of nitro benzene ring substituents is 1. The summed E-state index contributed by atoms with van der Waals surface area (Å²) in [5, 5.41) is 11.7. The molecule has 1 aliphatic rings. The molecule has 8 nitrogen and oxygen atoms in total. The van der Waals surface area contributed by atoms with Crippen molar-refractivity contribution in [2.24, 2.45) is 0 Å². The highest BCUT2D eigenvalue weighted by Gasteiger charge is 2.44. The van der Waals surface area contributed by atoms with Crippen molar-refractivity contribution < 1.29 is 14.1 Å². The molecule has 0 radical (unpaired) electrons. The molecule has 0 spiro atoms. The van der Waals surface area contributed by atoms with Crippen LogP contribution < -0.4 is 10.3 Å². The first-order valence-electron chi connectivity index (χ1n) is 9.63. The second-order valence-electron chi connectivity index (χ2n) is 7.38. The highest BCUT2D eigenvalue weighted by molar-refractivity contribution is 6.31. The van der Waals surface area contributed by atoms with Crippen molar-refractivity contribution >= 4 is 40.0 Å². The number of pyridine rings is 1. The largest absolute Gasteiger partial charge is 0.450 e. The Morgan fingerprint density at radius 3 is 2.53 bits per heavy atom. The summed E-state index contributed by atoms with van der Waals surface area (Å²) in [6.45, 7) is 1.79. The SMILES string of the molecule is Cc1cccc(N2C(=O)c3oc4ccc(Cl)cc4c(=O)c3[C@H]2c2ccc([N+](=O)[O-])cc2)n1. The predicted molar refractivity (Wildman–Crippen MR) is 118 cm³/mol. The van der Waals surface area contributed by atoms with Gasteiger partial charge in [-0.25, -0.2) is 4.98 Å². The normalized spacial score (nSPS) is 15.2. The number of aryl methyl sites for hydroxylation is 1. The van der Waals surface area contributed by atoms with Gasteiger partial charge in [-0.2, -0.15) is 0 Å². The first-order valence-corrected chi connectivity index (χ1v) is 10.0. The molecule has 1 amide bonds. The van der Waals surface area contributed by atoms with Crippen LogP contribution in [0.15, 0.2) is 69.9 Å². The van der Waals surface area contributed by atoms with Crippen LogP contribution in [0.3, 0.4) is 0 Å². The minimum absolute atomic E-state index is 0.0866. The maximum absolute atomic E-state index is 13.5. The molecule has 0 saturated heterocycles. The van der Waals surface area contributed by atoms with Crippen LogP contribution in [0.4, 0.5) is 11.5 Å². The predicted octanol–water partition coefficient (Wildman–Crippen LogP) is 4.81. The molecule has 4 aromatic rings. The van der Waals surface area contributed by atoms with E-state index in [1.165, 1.54) is 35.2 Å². The van der Waals surface area contributed by atoms with Gasteiger partial charge in [0.15, 0.2) is 5.43 Å². The Labute approximate surface area is 185 Å². The zero-order valence-electron chi connectivity index (χ0n) is 16.6. The standard InChI is InChI=1S/C23H14ClN3O5/c1-12-3-2-4-18(25-12)26-20(13-5-8-15(9-6-13)27(30)31)19-21(28)16-11-14(24)7-10-17(16)32-22(19)23(26)29/h2-11,20H,1H3/t20-/m1/s1. The van der Waals surface area contributed by atoms with Crippen LogP contribution in [-0.4, -0.2) is 15.8 Å². The van der Waals surface area contributed by atoms with Crippen molar-refractivity contribution in [2.45, 2.75) is 13.0 Å². The van der Waals surface area contributed by atoms with Crippen molar-refractivity contribution in [1.29, 1.82) is 0 Å². The highest BCUT2D eigenvalue weighted by Crippen LogP contribution is 2.41. The minimum atomic E-state index is -0.868. The molecule has 2 aromatic carbocycles. The van der Waals surface area contributed by atoms with Crippen LogP contribution in [-0.2, 0) is 0 Å². The Kier molecular flexibility index (Phi) is 4.53. The summed E-state index contributed by atoms with van der Waals surface area (Å²) in [4.78, 5) is 43.4. The van der Waals surface area contributed by atoms with Gasteiger partial charge in [0.2, 0.25) is 5.76 Å². The topological polar surface area (TPSA) is 107 Å². The quantitative estimate of drug-likeness (QED) is 0.329. The molecule has 0 bridgehead atoms. The number of hydrogen-bond donors (Lipinski definition) is 0. The molecule has 0 saturated carbocycles. The second-order valence-corrected chi connectivity index (χ2v) is 7.81. The van der Waals surface area contributed by atoms with E-state index in [2.05, 4.69) is 4.98 Å². The van der Waals surface area contributed by atoms with Crippen molar-refractivity contribution in [1.82, 2.24) is 4.98 Å². The number of halogens is 1. The molecule has 158 valence electrons. The van der Waals surface area contributed by atoms with Crippen molar-refractivity contribution in [2.75, 3.05) is 4.90 Å². The number of nitrogens with zero attached hydrogens (tertiary/aromatic N) is 3. The second kappa shape index (κ2) is 7.28. The zero-order chi connectivity index (χ0) is 22.6. The van der Waals surface area contributed by atoms with E-state index in [1.54, 1.807) is 37.3 Å². The van der Waals surface area contributed by atoms with Gasteiger partial charge < -0.3 is 4.42 Å². The summed E-state index contributed by atoms with van der Waals surface area (Å²) in [5.41, 5.74) is 1.09. The summed E-state index contributed by atoms with van der Waals surface area (Å²) in [7, 11) is 0. The summed E-state index contributed by atoms with van der Waals surface area (Å²) in [5.74, 6) is -0.266. The fourth-order valence-electron chi connectivity index (χ4n) is 3.94. The fourth-order valence-corrected chi connectivity index (χ4v) is 4.11. The maximum atomic E-state index is 13.5. The van der Waals surface area contributed by atoms with Gasteiger partial charge in [0.1, 0.15) is 11.4 Å².